The van der Waals surface area contributed by atoms with Crippen LogP contribution in [0.3, 0.4) is 0 Å². The van der Waals surface area contributed by atoms with E-state index in [2.05, 4.69) is 6.58 Å². The second-order valence-electron chi connectivity index (χ2n) is 4.72. The Morgan fingerprint density at radius 3 is 2.35 bits per heavy atom. The molecule has 0 radical (unpaired) electrons. The van der Waals surface area contributed by atoms with Gasteiger partial charge in [-0.05, 0) is 24.5 Å². The summed E-state index contributed by atoms with van der Waals surface area (Å²) in [6, 6.07) is 6.15. The van der Waals surface area contributed by atoms with Gasteiger partial charge in [0.1, 0.15) is 0 Å². The molecule has 0 saturated carbocycles. The fraction of sp³-hybridized carbons (Fsp3) is 0.438. The van der Waals surface area contributed by atoms with Crippen LogP contribution in [0.4, 0.5) is 0 Å². The predicted octanol–water partition coefficient (Wildman–Crippen LogP) is 2.60. The monoisotopic (exact) mass is 340 g/mol. The van der Waals surface area contributed by atoms with E-state index in [9.17, 15) is 4.79 Å². The third-order valence-corrected chi connectivity index (χ3v) is 6.34. The second kappa shape index (κ2) is 9.46. The van der Waals surface area contributed by atoms with Crippen molar-refractivity contribution in [1.82, 2.24) is 0 Å². The van der Waals surface area contributed by atoms with E-state index in [1.54, 1.807) is 27.4 Å². The van der Waals surface area contributed by atoms with Crippen molar-refractivity contribution in [1.29, 1.82) is 0 Å². The zero-order chi connectivity index (χ0) is 17.3. The van der Waals surface area contributed by atoms with Gasteiger partial charge in [-0.25, -0.2) is 4.79 Å². The molecule has 1 aromatic carbocycles. The van der Waals surface area contributed by atoms with Crippen molar-refractivity contribution in [3.8, 4) is 11.5 Å². The summed E-state index contributed by atoms with van der Waals surface area (Å²) in [5.41, 5.74) is 0.866. The lowest BCUT2D eigenvalue weighted by Gasteiger charge is -2.24. The summed E-state index contributed by atoms with van der Waals surface area (Å²) >= 11 is 0. The standard InChI is InChI=1S/C16H24O6Si/c1-6-15(17)22-16-13(9-7-11-14(16)18-2)10-8-12-23(19-3,20-4)21-5/h6-7,9,11H,1,8,10,12H2,2-5H3. The minimum Gasteiger partial charge on any atom is -0.493 e. The quantitative estimate of drug-likeness (QED) is 0.282. The summed E-state index contributed by atoms with van der Waals surface area (Å²) in [5.74, 6) is 0.399. The lowest BCUT2D eigenvalue weighted by Crippen LogP contribution is -2.42. The van der Waals surface area contributed by atoms with Gasteiger partial charge in [0.15, 0.2) is 11.5 Å². The summed E-state index contributed by atoms with van der Waals surface area (Å²) in [5, 5.41) is 0. The molecule has 0 aliphatic heterocycles. The van der Waals surface area contributed by atoms with Crippen LogP contribution >= 0.6 is 0 Å². The average molecular weight is 340 g/mol. The molecule has 0 unspecified atom stereocenters. The summed E-state index contributed by atoms with van der Waals surface area (Å²) in [6.45, 7) is 3.41. The zero-order valence-corrected chi connectivity index (χ0v) is 15.1. The Morgan fingerprint density at radius 2 is 1.83 bits per heavy atom. The molecule has 0 heterocycles. The normalized spacial score (nSPS) is 11.1. The zero-order valence-electron chi connectivity index (χ0n) is 14.1. The summed E-state index contributed by atoms with van der Waals surface area (Å²) < 4.78 is 26.8. The molecule has 0 bridgehead atoms. The molecule has 1 aromatic rings. The lowest BCUT2D eigenvalue weighted by molar-refractivity contribution is -0.129. The van der Waals surface area contributed by atoms with Crippen LogP contribution in [0, 0.1) is 0 Å². The number of carbonyl (C=O) groups is 1. The van der Waals surface area contributed by atoms with Crippen LogP contribution in [0.15, 0.2) is 30.9 Å². The van der Waals surface area contributed by atoms with Gasteiger partial charge in [-0.1, -0.05) is 18.7 Å². The first-order chi connectivity index (χ1) is 11.1. The summed E-state index contributed by atoms with van der Waals surface area (Å²) in [4.78, 5) is 11.5. The molecular formula is C16H24O6Si. The van der Waals surface area contributed by atoms with E-state index in [-0.39, 0.29) is 0 Å². The number of benzene rings is 1. The highest BCUT2D eigenvalue weighted by molar-refractivity contribution is 6.60. The maximum Gasteiger partial charge on any atom is 0.500 e. The van der Waals surface area contributed by atoms with Crippen molar-refractivity contribution >= 4 is 14.8 Å². The maximum absolute atomic E-state index is 11.5. The lowest BCUT2D eigenvalue weighted by atomic mass is 10.1. The first-order valence-corrected chi connectivity index (χ1v) is 9.14. The smallest absolute Gasteiger partial charge is 0.493 e. The fourth-order valence-corrected chi connectivity index (χ4v) is 3.95. The number of carbonyl (C=O) groups excluding carboxylic acids is 1. The largest absolute Gasteiger partial charge is 0.500 e. The Labute approximate surface area is 138 Å². The molecule has 0 aliphatic carbocycles. The fourth-order valence-electron chi connectivity index (χ4n) is 2.23. The van der Waals surface area contributed by atoms with Gasteiger partial charge in [-0.3, -0.25) is 0 Å². The summed E-state index contributed by atoms with van der Waals surface area (Å²) in [7, 11) is 3.68. The van der Waals surface area contributed by atoms with E-state index in [0.717, 1.165) is 18.1 Å². The number of para-hydroxylation sites is 1. The van der Waals surface area contributed by atoms with Crippen molar-refractivity contribution in [2.75, 3.05) is 28.4 Å². The number of methoxy groups -OCH3 is 1. The van der Waals surface area contributed by atoms with Gasteiger partial charge in [0, 0.05) is 33.4 Å². The van der Waals surface area contributed by atoms with Gasteiger partial charge in [0.2, 0.25) is 0 Å². The number of rotatable bonds is 10. The van der Waals surface area contributed by atoms with Crippen LogP contribution in [-0.2, 0) is 24.5 Å². The molecule has 0 amide bonds. The third-order valence-electron chi connectivity index (χ3n) is 3.51. The van der Waals surface area contributed by atoms with E-state index in [4.69, 9.17) is 22.8 Å². The van der Waals surface area contributed by atoms with Crippen LogP contribution in [0.25, 0.3) is 0 Å². The number of hydrogen-bond donors (Lipinski definition) is 0. The van der Waals surface area contributed by atoms with Gasteiger partial charge in [0.05, 0.1) is 7.11 Å². The number of ether oxygens (including phenoxy) is 2. The Bertz CT molecular complexity index is 519. The molecule has 7 heteroatoms. The molecule has 128 valence electrons. The van der Waals surface area contributed by atoms with Crippen molar-refractivity contribution in [3.63, 3.8) is 0 Å². The number of esters is 1. The Hall–Kier alpha value is -1.67. The molecule has 0 aliphatic rings. The van der Waals surface area contributed by atoms with Crippen LogP contribution in [-0.4, -0.2) is 43.2 Å². The van der Waals surface area contributed by atoms with Crippen LogP contribution in [0.5, 0.6) is 11.5 Å². The molecule has 0 atom stereocenters. The number of aryl methyl sites for hydroxylation is 1. The van der Waals surface area contributed by atoms with E-state index in [0.29, 0.717) is 24.0 Å². The highest BCUT2D eigenvalue weighted by atomic mass is 28.4. The van der Waals surface area contributed by atoms with Crippen molar-refractivity contribution in [3.05, 3.63) is 36.4 Å². The molecule has 0 fully saturated rings. The van der Waals surface area contributed by atoms with Gasteiger partial charge in [-0.2, -0.15) is 0 Å². The topological polar surface area (TPSA) is 63.2 Å². The Balaban J connectivity index is 2.87. The average Bonchev–Trinajstić information content (AvgIpc) is 2.60. The van der Waals surface area contributed by atoms with Gasteiger partial charge >= 0.3 is 14.8 Å². The van der Waals surface area contributed by atoms with Gasteiger partial charge in [0.25, 0.3) is 0 Å². The Morgan fingerprint density at radius 1 is 1.17 bits per heavy atom. The minimum absolute atomic E-state index is 0.416. The Kier molecular flexibility index (Phi) is 7.97. The first kappa shape index (κ1) is 19.4. The highest BCUT2D eigenvalue weighted by Crippen LogP contribution is 2.33. The van der Waals surface area contributed by atoms with E-state index >= 15 is 0 Å². The van der Waals surface area contributed by atoms with E-state index < -0.39 is 14.8 Å². The first-order valence-electron chi connectivity index (χ1n) is 7.21. The van der Waals surface area contributed by atoms with E-state index in [1.165, 1.54) is 7.11 Å². The molecule has 1 rings (SSSR count). The molecule has 0 N–H and O–H groups in total. The SMILES string of the molecule is C=CC(=O)Oc1c(CCC[Si](OC)(OC)OC)cccc1OC. The third kappa shape index (κ3) is 5.17. The predicted molar refractivity (Wildman–Crippen MR) is 88.7 cm³/mol. The minimum atomic E-state index is -2.60. The van der Waals surface area contributed by atoms with Crippen molar-refractivity contribution in [2.45, 2.75) is 18.9 Å². The maximum atomic E-state index is 11.5. The molecule has 0 aromatic heterocycles. The molecule has 23 heavy (non-hydrogen) atoms. The van der Waals surface area contributed by atoms with Crippen LogP contribution < -0.4 is 9.47 Å². The van der Waals surface area contributed by atoms with Crippen LogP contribution in [0.2, 0.25) is 6.04 Å². The van der Waals surface area contributed by atoms with Crippen molar-refractivity contribution < 1.29 is 27.5 Å². The van der Waals surface area contributed by atoms with E-state index in [1.807, 2.05) is 12.1 Å². The molecule has 0 spiro atoms. The van der Waals surface area contributed by atoms with Crippen LogP contribution in [0.1, 0.15) is 12.0 Å². The molecular weight excluding hydrogens is 316 g/mol. The van der Waals surface area contributed by atoms with Gasteiger partial charge < -0.3 is 22.8 Å². The highest BCUT2D eigenvalue weighted by Gasteiger charge is 2.36. The molecule has 0 saturated heterocycles. The molecule has 6 nitrogen and oxygen atoms in total. The summed E-state index contributed by atoms with van der Waals surface area (Å²) in [6.07, 6.45) is 2.55. The number of hydrogen-bond acceptors (Lipinski definition) is 6. The van der Waals surface area contributed by atoms with Crippen molar-refractivity contribution in [2.24, 2.45) is 0 Å². The van der Waals surface area contributed by atoms with Gasteiger partial charge in [-0.15, -0.1) is 0 Å². The second-order valence-corrected chi connectivity index (χ2v) is 7.81.